The summed E-state index contributed by atoms with van der Waals surface area (Å²) in [6, 6.07) is 1.77. The number of hydrogen-bond donors (Lipinski definition) is 3. The number of hydrogen-bond acceptors (Lipinski definition) is 3. The van der Waals surface area contributed by atoms with E-state index in [9.17, 15) is 14.3 Å². The fraction of sp³-hybridized carbons (Fsp3) is 0.538. The quantitative estimate of drug-likeness (QED) is 0.784. The van der Waals surface area contributed by atoms with Gasteiger partial charge in [-0.05, 0) is 24.0 Å². The normalized spacial score (nSPS) is 12.9. The van der Waals surface area contributed by atoms with Crippen molar-refractivity contribution in [1.82, 2.24) is 10.3 Å². The van der Waals surface area contributed by atoms with E-state index in [2.05, 4.69) is 15.6 Å². The zero-order valence-corrected chi connectivity index (χ0v) is 11.4. The zero-order valence-electron chi connectivity index (χ0n) is 11.4. The first-order chi connectivity index (χ1) is 8.80. The first-order valence-electron chi connectivity index (χ1n) is 6.10. The lowest BCUT2D eigenvalue weighted by Crippen LogP contribution is -2.42. The Hall–Kier alpha value is -1.69. The minimum atomic E-state index is -0.470. The van der Waals surface area contributed by atoms with E-state index < -0.39 is 11.8 Å². The molecule has 5 nitrogen and oxygen atoms in total. The van der Waals surface area contributed by atoms with Crippen LogP contribution in [0.1, 0.15) is 27.2 Å². The molecule has 19 heavy (non-hydrogen) atoms. The highest BCUT2D eigenvalue weighted by molar-refractivity contribution is 5.88. The van der Waals surface area contributed by atoms with Crippen molar-refractivity contribution < 1.29 is 14.3 Å². The van der Waals surface area contributed by atoms with E-state index >= 15 is 0 Å². The molecule has 1 heterocycles. The largest absolute Gasteiger partial charge is 0.394 e. The topological polar surface area (TPSA) is 74.2 Å². The maximum Gasteiger partial charge on any atom is 0.320 e. The number of nitrogens with one attached hydrogen (secondary N) is 2. The molecule has 0 aliphatic carbocycles. The summed E-state index contributed by atoms with van der Waals surface area (Å²) in [7, 11) is 0. The molecule has 1 aromatic heterocycles. The minimum absolute atomic E-state index is 0.00516. The van der Waals surface area contributed by atoms with Gasteiger partial charge in [-0.3, -0.25) is 5.32 Å². The molecular formula is C13H20FN3O2. The lowest BCUT2D eigenvalue weighted by Gasteiger charge is -2.25. The fourth-order valence-electron chi connectivity index (χ4n) is 1.69. The average Bonchev–Trinajstić information content (AvgIpc) is 2.29. The first-order valence-corrected chi connectivity index (χ1v) is 6.10. The van der Waals surface area contributed by atoms with Gasteiger partial charge in [-0.15, -0.1) is 0 Å². The number of anilines is 1. The molecule has 6 heteroatoms. The number of urea groups is 1. The highest BCUT2D eigenvalue weighted by Gasteiger charge is 2.19. The highest BCUT2D eigenvalue weighted by atomic mass is 19.1. The maximum atomic E-state index is 12.7. The molecule has 0 bridgehead atoms. The second-order valence-corrected chi connectivity index (χ2v) is 5.60. The molecule has 3 N–H and O–H groups in total. The van der Waals surface area contributed by atoms with Crippen LogP contribution in [0.3, 0.4) is 0 Å². The highest BCUT2D eigenvalue weighted by Crippen LogP contribution is 2.20. The second-order valence-electron chi connectivity index (χ2n) is 5.60. The Labute approximate surface area is 112 Å². The van der Waals surface area contributed by atoms with E-state index in [-0.39, 0.29) is 23.9 Å². The summed E-state index contributed by atoms with van der Waals surface area (Å²) in [6.45, 7) is 5.94. The van der Waals surface area contributed by atoms with Crippen molar-refractivity contribution in [3.8, 4) is 0 Å². The Morgan fingerprint density at radius 1 is 1.47 bits per heavy atom. The number of aliphatic hydroxyl groups is 1. The predicted molar refractivity (Wildman–Crippen MR) is 71.3 cm³/mol. The van der Waals surface area contributed by atoms with E-state index in [1.165, 1.54) is 12.1 Å². The molecule has 0 saturated heterocycles. The van der Waals surface area contributed by atoms with Crippen LogP contribution in [-0.2, 0) is 0 Å². The molecule has 0 fully saturated rings. The van der Waals surface area contributed by atoms with Crippen molar-refractivity contribution >= 4 is 11.8 Å². The predicted octanol–water partition coefficient (Wildman–Crippen LogP) is 2.14. The van der Waals surface area contributed by atoms with Gasteiger partial charge in [0.15, 0.2) is 0 Å². The smallest absolute Gasteiger partial charge is 0.320 e. The molecule has 0 aliphatic heterocycles. The summed E-state index contributed by atoms with van der Waals surface area (Å²) in [5, 5.41) is 14.4. The molecule has 106 valence electrons. The molecule has 0 saturated carbocycles. The molecule has 1 aromatic rings. The Kier molecular flexibility index (Phi) is 5.23. The van der Waals surface area contributed by atoms with Crippen LogP contribution >= 0.6 is 0 Å². The fourth-order valence-corrected chi connectivity index (χ4v) is 1.69. The second kappa shape index (κ2) is 6.47. The SMILES string of the molecule is CC(C)(C)C[C@@H](CO)NC(=O)Nc1ccc(F)cn1. The number of aliphatic hydroxyl groups excluding tert-OH is 1. The molecule has 2 amide bonds. The summed E-state index contributed by atoms with van der Waals surface area (Å²) in [6.07, 6.45) is 1.67. The van der Waals surface area contributed by atoms with Crippen LogP contribution in [0.5, 0.6) is 0 Å². The Balaban J connectivity index is 2.51. The molecule has 0 aromatic carbocycles. The third-order valence-electron chi connectivity index (χ3n) is 2.38. The van der Waals surface area contributed by atoms with Crippen LogP contribution in [0.25, 0.3) is 0 Å². The lowest BCUT2D eigenvalue weighted by atomic mass is 9.88. The van der Waals surface area contributed by atoms with Gasteiger partial charge in [-0.1, -0.05) is 20.8 Å². The van der Waals surface area contributed by atoms with Crippen molar-refractivity contribution in [3.05, 3.63) is 24.1 Å². The molecule has 0 radical (unpaired) electrons. The van der Waals surface area contributed by atoms with Gasteiger partial charge in [0.2, 0.25) is 0 Å². The molecule has 0 aliphatic rings. The number of pyridine rings is 1. The van der Waals surface area contributed by atoms with Crippen molar-refractivity contribution in [3.63, 3.8) is 0 Å². The molecule has 0 spiro atoms. The number of rotatable bonds is 4. The maximum absolute atomic E-state index is 12.7. The first kappa shape index (κ1) is 15.4. The Bertz CT molecular complexity index is 415. The van der Waals surface area contributed by atoms with Crippen LogP contribution in [0.15, 0.2) is 18.3 Å². The van der Waals surface area contributed by atoms with Gasteiger partial charge in [0.1, 0.15) is 11.6 Å². The summed E-state index contributed by atoms with van der Waals surface area (Å²) < 4.78 is 12.7. The number of nitrogens with zero attached hydrogens (tertiary/aromatic N) is 1. The van der Waals surface area contributed by atoms with Gasteiger partial charge in [-0.25, -0.2) is 14.2 Å². The van der Waals surface area contributed by atoms with Crippen LogP contribution < -0.4 is 10.6 Å². The molecule has 1 rings (SSSR count). The molecular weight excluding hydrogens is 249 g/mol. The Morgan fingerprint density at radius 2 is 2.16 bits per heavy atom. The summed E-state index contributed by atoms with van der Waals surface area (Å²) >= 11 is 0. The van der Waals surface area contributed by atoms with Crippen LogP contribution in [0.4, 0.5) is 15.0 Å². The van der Waals surface area contributed by atoms with Gasteiger partial charge in [0.25, 0.3) is 0 Å². The number of halogens is 1. The van der Waals surface area contributed by atoms with E-state index in [1.807, 2.05) is 20.8 Å². The number of carbonyl (C=O) groups is 1. The van der Waals surface area contributed by atoms with Gasteiger partial charge >= 0.3 is 6.03 Å². The zero-order chi connectivity index (χ0) is 14.5. The number of amides is 2. The summed E-state index contributed by atoms with van der Waals surface area (Å²) in [4.78, 5) is 15.4. The third-order valence-corrected chi connectivity index (χ3v) is 2.38. The number of aromatic nitrogens is 1. The lowest BCUT2D eigenvalue weighted by molar-refractivity contribution is 0.196. The van der Waals surface area contributed by atoms with Crippen LogP contribution in [0.2, 0.25) is 0 Å². The average molecular weight is 269 g/mol. The van der Waals surface area contributed by atoms with Gasteiger partial charge in [0, 0.05) is 0 Å². The van der Waals surface area contributed by atoms with Crippen LogP contribution in [0, 0.1) is 11.2 Å². The summed E-state index contributed by atoms with van der Waals surface area (Å²) in [5.41, 5.74) is -0.00516. The third kappa shape index (κ3) is 6.15. The molecule has 1 atom stereocenters. The van der Waals surface area contributed by atoms with E-state index in [0.29, 0.717) is 6.42 Å². The monoisotopic (exact) mass is 269 g/mol. The van der Waals surface area contributed by atoms with E-state index in [4.69, 9.17) is 0 Å². The van der Waals surface area contributed by atoms with Crippen molar-refractivity contribution in [1.29, 1.82) is 0 Å². The summed E-state index contributed by atoms with van der Waals surface area (Å²) in [5.74, 6) is -0.210. The van der Waals surface area contributed by atoms with Crippen LogP contribution in [-0.4, -0.2) is 28.8 Å². The molecule has 0 unspecified atom stereocenters. The van der Waals surface area contributed by atoms with E-state index in [0.717, 1.165) is 6.20 Å². The standard InChI is InChI=1S/C13H20FN3O2/c1-13(2,3)6-10(8-18)16-12(19)17-11-5-4-9(14)7-15-11/h4-5,7,10,18H,6,8H2,1-3H3,(H2,15,16,17,19)/t10-/m0/s1. The van der Waals surface area contributed by atoms with Crippen molar-refractivity contribution in [2.24, 2.45) is 5.41 Å². The Morgan fingerprint density at radius 3 is 2.63 bits per heavy atom. The van der Waals surface area contributed by atoms with Gasteiger partial charge in [-0.2, -0.15) is 0 Å². The van der Waals surface area contributed by atoms with Gasteiger partial charge in [0.05, 0.1) is 18.8 Å². The van der Waals surface area contributed by atoms with E-state index in [1.54, 1.807) is 0 Å². The van der Waals surface area contributed by atoms with Crippen molar-refractivity contribution in [2.75, 3.05) is 11.9 Å². The minimum Gasteiger partial charge on any atom is -0.394 e. The van der Waals surface area contributed by atoms with Crippen molar-refractivity contribution in [2.45, 2.75) is 33.2 Å². The van der Waals surface area contributed by atoms with Gasteiger partial charge < -0.3 is 10.4 Å². The number of carbonyl (C=O) groups excluding carboxylic acids is 1.